The van der Waals surface area contributed by atoms with Gasteiger partial charge in [-0.2, -0.15) is 25.4 Å². The van der Waals surface area contributed by atoms with Gasteiger partial charge in [0.05, 0.1) is 24.0 Å². The zero-order valence-electron chi connectivity index (χ0n) is 36.1. The molecule has 6 aromatic rings. The molecule has 2 atom stereocenters. The number of benzene rings is 6. The summed E-state index contributed by atoms with van der Waals surface area (Å²) in [7, 11) is -10.6. The molecule has 352 valence electrons. The van der Waals surface area contributed by atoms with Gasteiger partial charge in [0, 0.05) is 11.8 Å². The van der Waals surface area contributed by atoms with Crippen molar-refractivity contribution >= 4 is 93.6 Å². The van der Waals surface area contributed by atoms with Crippen LogP contribution in [-0.2, 0) is 52.5 Å². The SMILES string of the molecule is O=C([O-])[C@H](Cc1ccc(O)cc1)N(C(=O)OCC1c2ccccc2-c2ccccc21)S(=O)(=O)O.O=C([O-])[C@H](Cc1ccc(O)cc1)N(C(=O)OCC1c2ccccc2-c2ccccc21)S(=O)(=O)O.[Ba+2]. The molecule has 0 bridgehead atoms. The summed E-state index contributed by atoms with van der Waals surface area (Å²) in [6.07, 6.45) is -4.10. The zero-order valence-corrected chi connectivity index (χ0v) is 42.2. The number of phenolic OH excluding ortho intramolecular Hbond substituents is 2. The normalized spacial score (nSPS) is 13.4. The molecule has 0 fully saturated rings. The van der Waals surface area contributed by atoms with E-state index in [0.717, 1.165) is 44.5 Å². The maximum absolute atomic E-state index is 12.8. The first-order valence-corrected chi connectivity index (χ1v) is 23.3. The van der Waals surface area contributed by atoms with Crippen LogP contribution < -0.4 is 10.2 Å². The molecule has 18 nitrogen and oxygen atoms in total. The van der Waals surface area contributed by atoms with Gasteiger partial charge < -0.3 is 39.5 Å². The van der Waals surface area contributed by atoms with Crippen molar-refractivity contribution in [1.29, 1.82) is 0 Å². The molecule has 0 saturated carbocycles. The smallest absolute Gasteiger partial charge is 0.548 e. The Morgan fingerprint density at radius 2 is 0.739 bits per heavy atom. The van der Waals surface area contributed by atoms with E-state index >= 15 is 0 Å². The molecule has 0 spiro atoms. The second-order valence-electron chi connectivity index (χ2n) is 15.6. The number of phenols is 2. The van der Waals surface area contributed by atoms with Crippen LogP contribution in [0.1, 0.15) is 45.2 Å². The largest absolute Gasteiger partial charge is 2.00 e. The topological polar surface area (TPSA) is 289 Å². The average molecular weight is 1100 g/mol. The number of hydrogen-bond acceptors (Lipinski definition) is 14. The first-order chi connectivity index (χ1) is 32.3. The monoisotopic (exact) mass is 1100 g/mol. The van der Waals surface area contributed by atoms with E-state index in [4.69, 9.17) is 9.47 Å². The van der Waals surface area contributed by atoms with Gasteiger partial charge in [-0.25, -0.2) is 9.59 Å². The predicted octanol–water partition coefficient (Wildman–Crippen LogP) is 3.83. The van der Waals surface area contributed by atoms with Crippen LogP contribution in [0.2, 0.25) is 0 Å². The van der Waals surface area contributed by atoms with Gasteiger partial charge in [0.2, 0.25) is 0 Å². The van der Waals surface area contributed by atoms with Gasteiger partial charge in [0.15, 0.2) is 0 Å². The molecule has 0 unspecified atom stereocenters. The van der Waals surface area contributed by atoms with E-state index in [2.05, 4.69) is 0 Å². The fraction of sp³-hybridized carbons (Fsp3) is 0.167. The third kappa shape index (κ3) is 12.0. The van der Waals surface area contributed by atoms with E-state index in [1.807, 2.05) is 97.1 Å². The van der Waals surface area contributed by atoms with Crippen LogP contribution in [0.5, 0.6) is 11.5 Å². The minimum Gasteiger partial charge on any atom is -0.548 e. The van der Waals surface area contributed by atoms with Crippen molar-refractivity contribution in [3.05, 3.63) is 179 Å². The summed E-state index contributed by atoms with van der Waals surface area (Å²) in [6, 6.07) is 36.3. The number of carboxylic acid groups (broad SMARTS) is 2. The number of rotatable bonds is 14. The molecule has 0 aliphatic heterocycles. The van der Waals surface area contributed by atoms with E-state index in [1.165, 1.54) is 48.5 Å². The molecule has 2 aliphatic carbocycles. The zero-order chi connectivity index (χ0) is 48.9. The van der Waals surface area contributed by atoms with Crippen LogP contribution in [0, 0.1) is 0 Å². The standard InChI is InChI=1S/2C24H21NO8S.Ba/c2*26-16-11-9-15(10-12-16)13-22(23(27)28)25(34(30,31)32)24(29)33-14-21-19-7-3-1-5-17(19)18-6-2-4-8-20(18)21;/h2*1-12,21-22,26H,13-14H2,(H,27,28)(H,30,31,32);/q;;+2/p-2/t2*22-;/m00./s1. The summed E-state index contributed by atoms with van der Waals surface area (Å²) in [5, 5.41) is 42.3. The molecular weight excluding hydrogens is 1060 g/mol. The molecule has 21 heteroatoms. The van der Waals surface area contributed by atoms with Crippen molar-refractivity contribution in [2.45, 2.75) is 36.8 Å². The fourth-order valence-electron chi connectivity index (χ4n) is 8.31. The van der Waals surface area contributed by atoms with E-state index in [1.54, 1.807) is 0 Å². The third-order valence-electron chi connectivity index (χ3n) is 11.4. The molecule has 69 heavy (non-hydrogen) atoms. The number of aliphatic carboxylic acids is 2. The van der Waals surface area contributed by atoms with Crippen molar-refractivity contribution in [2.75, 3.05) is 13.2 Å². The number of aromatic hydroxyl groups is 2. The second-order valence-corrected chi connectivity index (χ2v) is 18.1. The molecule has 8 rings (SSSR count). The van der Waals surface area contributed by atoms with Gasteiger partial charge in [0.25, 0.3) is 0 Å². The van der Waals surface area contributed by atoms with Crippen LogP contribution in [0.3, 0.4) is 0 Å². The number of hydrogen-bond donors (Lipinski definition) is 4. The Balaban J connectivity index is 0.000000224. The van der Waals surface area contributed by atoms with Gasteiger partial charge in [-0.1, -0.05) is 121 Å². The summed E-state index contributed by atoms with van der Waals surface area (Å²) >= 11 is 0. The maximum Gasteiger partial charge on any atom is 2.00 e. The molecule has 4 N–H and O–H groups in total. The van der Waals surface area contributed by atoms with Crippen LogP contribution in [0.4, 0.5) is 9.59 Å². The van der Waals surface area contributed by atoms with E-state index in [9.17, 15) is 65.5 Å². The maximum atomic E-state index is 12.8. The molecule has 0 heterocycles. The molecule has 2 amide bonds. The minimum atomic E-state index is -5.31. The number of carboxylic acids is 2. The van der Waals surface area contributed by atoms with Crippen molar-refractivity contribution in [3.63, 3.8) is 0 Å². The van der Waals surface area contributed by atoms with Gasteiger partial charge in [-0.15, -0.1) is 0 Å². The summed E-state index contributed by atoms with van der Waals surface area (Å²) in [5.41, 5.74) is 7.85. The van der Waals surface area contributed by atoms with Crippen molar-refractivity contribution in [3.8, 4) is 33.8 Å². The van der Waals surface area contributed by atoms with E-state index in [-0.39, 0.29) is 93.3 Å². The van der Waals surface area contributed by atoms with Gasteiger partial charge >= 0.3 is 81.7 Å². The van der Waals surface area contributed by atoms with Gasteiger partial charge in [-0.3, -0.25) is 9.11 Å². The molecule has 0 aromatic heterocycles. The number of carbonyl (C=O) groups is 4. The Morgan fingerprint density at radius 3 is 0.986 bits per heavy atom. The number of amides is 2. The predicted molar refractivity (Wildman–Crippen MR) is 244 cm³/mol. The number of fused-ring (bicyclic) bond motifs is 6. The van der Waals surface area contributed by atoms with Crippen molar-refractivity contribution < 1.29 is 75.0 Å². The first kappa shape index (κ1) is 52.2. The minimum absolute atomic E-state index is 0. The summed E-state index contributed by atoms with van der Waals surface area (Å²) in [4.78, 5) is 49.1. The summed E-state index contributed by atoms with van der Waals surface area (Å²) < 4.78 is 77.3. The number of nitrogens with zero attached hydrogens (tertiary/aromatic N) is 2. The van der Waals surface area contributed by atoms with Crippen LogP contribution in [-0.4, -0.2) is 143 Å². The molecule has 0 radical (unpaired) electrons. The first-order valence-electron chi connectivity index (χ1n) is 20.5. The number of carbonyl (C=O) groups excluding carboxylic acids is 4. The Hall–Kier alpha value is -6.21. The second kappa shape index (κ2) is 22.0. The van der Waals surface area contributed by atoms with E-state index in [0.29, 0.717) is 0 Å². The van der Waals surface area contributed by atoms with Crippen LogP contribution >= 0.6 is 0 Å². The van der Waals surface area contributed by atoms with Gasteiger partial charge in [0.1, 0.15) is 24.7 Å². The summed E-state index contributed by atoms with van der Waals surface area (Å²) in [5.74, 6) is -4.79. The Morgan fingerprint density at radius 1 is 0.478 bits per heavy atom. The molecule has 6 aromatic carbocycles. The van der Waals surface area contributed by atoms with Crippen molar-refractivity contribution in [2.24, 2.45) is 0 Å². The Kier molecular flexibility index (Phi) is 16.7. The molecule has 0 saturated heterocycles. The average Bonchev–Trinajstić information content (AvgIpc) is 3.80. The fourth-order valence-corrected chi connectivity index (χ4v) is 9.76. The van der Waals surface area contributed by atoms with Crippen molar-refractivity contribution in [1.82, 2.24) is 8.61 Å². The van der Waals surface area contributed by atoms with Crippen LogP contribution in [0.15, 0.2) is 146 Å². The Labute approximate surface area is 436 Å². The molecule has 2 aliphatic rings. The van der Waals surface area contributed by atoms with E-state index < -0.39 is 81.5 Å². The molecular formula is C48H40BaN2O16S2. The van der Waals surface area contributed by atoms with Crippen LogP contribution in [0.25, 0.3) is 22.3 Å². The third-order valence-corrected chi connectivity index (χ3v) is 13.2. The quantitative estimate of drug-likeness (QED) is 0.0890. The summed E-state index contributed by atoms with van der Waals surface area (Å²) in [6.45, 7) is -0.560. The van der Waals surface area contributed by atoms with Gasteiger partial charge in [-0.05, 0) is 92.7 Å². The number of ether oxygens (including phenoxy) is 2. The Bertz CT molecular complexity index is 2800.